The summed E-state index contributed by atoms with van der Waals surface area (Å²) in [6, 6.07) is 0. The zero-order valence-electron chi connectivity index (χ0n) is 8.74. The van der Waals surface area contributed by atoms with Crippen LogP contribution in [0.5, 0.6) is 0 Å². The van der Waals surface area contributed by atoms with Crippen LogP contribution in [-0.2, 0) is 4.18 Å². The lowest BCUT2D eigenvalue weighted by atomic mass is 9.80. The van der Waals surface area contributed by atoms with E-state index in [1.165, 1.54) is 5.06 Å². The molecule has 0 radical (unpaired) electrons. The van der Waals surface area contributed by atoms with Crippen LogP contribution in [0.4, 0.5) is 0 Å². The van der Waals surface area contributed by atoms with Crippen LogP contribution in [0.25, 0.3) is 0 Å². The van der Waals surface area contributed by atoms with Crippen LogP contribution in [-0.4, -0.2) is 27.5 Å². The lowest BCUT2D eigenvalue weighted by Gasteiger charge is -2.50. The van der Waals surface area contributed by atoms with Crippen molar-refractivity contribution in [2.45, 2.75) is 57.7 Å². The average Bonchev–Trinajstić information content (AvgIpc) is 1.99. The zero-order chi connectivity index (χ0) is 10.3. The molecule has 1 fully saturated rings. The van der Waals surface area contributed by atoms with Crippen molar-refractivity contribution in [2.24, 2.45) is 0 Å². The number of hydrogen-bond donors (Lipinski definition) is 2. The maximum atomic E-state index is 9.93. The van der Waals surface area contributed by atoms with Crippen molar-refractivity contribution >= 4 is 12.9 Å². The molecule has 0 aromatic rings. The molecule has 0 aromatic carbocycles. The van der Waals surface area contributed by atoms with E-state index in [0.717, 1.165) is 12.8 Å². The minimum atomic E-state index is -0.241. The maximum absolute atomic E-state index is 9.93. The van der Waals surface area contributed by atoms with Gasteiger partial charge in [0.15, 0.2) is 0 Å². The Kier molecular flexibility index (Phi) is 2.98. The molecule has 1 saturated heterocycles. The van der Waals surface area contributed by atoms with Gasteiger partial charge in [-0.15, -0.1) is 0 Å². The third kappa shape index (κ3) is 2.18. The van der Waals surface area contributed by atoms with Gasteiger partial charge < -0.3 is 9.39 Å². The van der Waals surface area contributed by atoms with E-state index < -0.39 is 0 Å². The fourth-order valence-electron chi connectivity index (χ4n) is 2.25. The Morgan fingerprint density at radius 3 is 1.92 bits per heavy atom. The third-order valence-corrected chi connectivity index (χ3v) is 3.05. The van der Waals surface area contributed by atoms with Gasteiger partial charge in [-0.2, -0.15) is 5.06 Å². The second-order valence-electron chi connectivity index (χ2n) is 5.07. The van der Waals surface area contributed by atoms with E-state index in [-0.39, 0.29) is 17.2 Å². The highest BCUT2D eigenvalue weighted by atomic mass is 32.1. The van der Waals surface area contributed by atoms with Crippen LogP contribution in [0, 0.1) is 0 Å². The normalized spacial score (nSPS) is 29.1. The summed E-state index contributed by atoms with van der Waals surface area (Å²) >= 11 is 3.85. The molecule has 3 nitrogen and oxygen atoms in total. The monoisotopic (exact) mass is 205 g/mol. The van der Waals surface area contributed by atoms with Crippen molar-refractivity contribution in [2.75, 3.05) is 0 Å². The highest BCUT2D eigenvalue weighted by Gasteiger charge is 2.45. The van der Waals surface area contributed by atoms with Gasteiger partial charge in [0.25, 0.3) is 0 Å². The van der Waals surface area contributed by atoms with Crippen molar-refractivity contribution in [1.29, 1.82) is 0 Å². The lowest BCUT2D eigenvalue weighted by Crippen LogP contribution is -2.60. The number of piperidine rings is 1. The molecule has 0 atom stereocenters. The highest BCUT2D eigenvalue weighted by molar-refractivity contribution is 7.75. The molecule has 13 heavy (non-hydrogen) atoms. The number of hydrogen-bond acceptors (Lipinski definition) is 4. The van der Waals surface area contributed by atoms with E-state index in [4.69, 9.17) is 4.18 Å². The van der Waals surface area contributed by atoms with E-state index in [1.807, 2.05) is 27.7 Å². The standard InChI is InChI=1S/C9H19NO2S/c1-8(2)5-7(12-13)6-9(3,4)10(8)11/h7,11,13H,5-6H2,1-4H3. The van der Waals surface area contributed by atoms with Crippen LogP contribution in [0.3, 0.4) is 0 Å². The van der Waals surface area contributed by atoms with E-state index >= 15 is 0 Å². The van der Waals surface area contributed by atoms with Gasteiger partial charge in [0.1, 0.15) is 0 Å². The summed E-state index contributed by atoms with van der Waals surface area (Å²) in [5.74, 6) is 0. The zero-order valence-corrected chi connectivity index (χ0v) is 9.64. The second-order valence-corrected chi connectivity index (χ2v) is 5.28. The molecule has 0 bridgehead atoms. The SMILES string of the molecule is CC1(C)CC(OS)CC(C)(C)N1O. The topological polar surface area (TPSA) is 32.7 Å². The molecule has 78 valence electrons. The molecule has 1 N–H and O–H groups in total. The molecule has 1 aliphatic heterocycles. The summed E-state index contributed by atoms with van der Waals surface area (Å²) < 4.78 is 5.07. The maximum Gasteiger partial charge on any atom is 0.0755 e. The Balaban J connectivity index is 2.82. The predicted octanol–water partition coefficient (Wildman–Crippen LogP) is 2.26. The highest BCUT2D eigenvalue weighted by Crippen LogP contribution is 2.38. The van der Waals surface area contributed by atoms with Crippen LogP contribution in [0.15, 0.2) is 0 Å². The van der Waals surface area contributed by atoms with Gasteiger partial charge in [-0.1, -0.05) is 0 Å². The smallest absolute Gasteiger partial charge is 0.0755 e. The van der Waals surface area contributed by atoms with Gasteiger partial charge >= 0.3 is 0 Å². The van der Waals surface area contributed by atoms with Gasteiger partial charge in [0.05, 0.1) is 6.10 Å². The second kappa shape index (κ2) is 3.42. The van der Waals surface area contributed by atoms with Gasteiger partial charge in [-0.3, -0.25) is 0 Å². The fraction of sp³-hybridized carbons (Fsp3) is 1.00. The van der Waals surface area contributed by atoms with Crippen molar-refractivity contribution in [3.8, 4) is 0 Å². The lowest BCUT2D eigenvalue weighted by molar-refractivity contribution is -0.254. The summed E-state index contributed by atoms with van der Waals surface area (Å²) in [4.78, 5) is 0. The van der Waals surface area contributed by atoms with Crippen LogP contribution in [0.1, 0.15) is 40.5 Å². The molecule has 0 saturated carbocycles. The first-order chi connectivity index (χ1) is 5.79. The van der Waals surface area contributed by atoms with E-state index in [1.54, 1.807) is 0 Å². The number of thiol groups is 1. The van der Waals surface area contributed by atoms with Gasteiger partial charge in [-0.05, 0) is 53.4 Å². The summed E-state index contributed by atoms with van der Waals surface area (Å²) in [5.41, 5.74) is -0.482. The molecule has 1 heterocycles. The number of hydroxylamine groups is 2. The molecule has 0 spiro atoms. The largest absolute Gasteiger partial charge is 0.315 e. The molecule has 4 heteroatoms. The predicted molar refractivity (Wildman–Crippen MR) is 54.9 cm³/mol. The Morgan fingerprint density at radius 2 is 1.62 bits per heavy atom. The van der Waals surface area contributed by atoms with Crippen molar-refractivity contribution in [1.82, 2.24) is 5.06 Å². The van der Waals surface area contributed by atoms with Crippen LogP contribution in [0.2, 0.25) is 0 Å². The van der Waals surface area contributed by atoms with E-state index in [2.05, 4.69) is 12.9 Å². The molecule has 1 rings (SSSR count). The summed E-state index contributed by atoms with van der Waals surface area (Å²) in [6.07, 6.45) is 1.73. The van der Waals surface area contributed by atoms with Crippen molar-refractivity contribution in [3.05, 3.63) is 0 Å². The first-order valence-electron chi connectivity index (χ1n) is 4.59. The summed E-state index contributed by atoms with van der Waals surface area (Å²) in [6.45, 7) is 8.03. The van der Waals surface area contributed by atoms with Crippen LogP contribution >= 0.6 is 12.9 Å². The minimum Gasteiger partial charge on any atom is -0.315 e. The molecule has 0 unspecified atom stereocenters. The van der Waals surface area contributed by atoms with E-state index in [0.29, 0.717) is 0 Å². The van der Waals surface area contributed by atoms with Gasteiger partial charge in [0, 0.05) is 11.1 Å². The Labute approximate surface area is 85.6 Å². The molecular weight excluding hydrogens is 186 g/mol. The molecule has 0 amide bonds. The number of rotatable bonds is 1. The van der Waals surface area contributed by atoms with Crippen molar-refractivity contribution < 1.29 is 9.39 Å². The summed E-state index contributed by atoms with van der Waals surface area (Å²) in [7, 11) is 0. The third-order valence-electron chi connectivity index (χ3n) is 2.75. The first kappa shape index (κ1) is 11.3. The van der Waals surface area contributed by atoms with Crippen LogP contribution < -0.4 is 0 Å². The summed E-state index contributed by atoms with van der Waals surface area (Å²) in [5, 5.41) is 11.4. The van der Waals surface area contributed by atoms with Crippen molar-refractivity contribution in [3.63, 3.8) is 0 Å². The fourth-order valence-corrected chi connectivity index (χ4v) is 2.40. The molecular formula is C9H19NO2S. The molecule has 1 aliphatic rings. The first-order valence-corrected chi connectivity index (χ1v) is 4.95. The molecule has 0 aliphatic carbocycles. The van der Waals surface area contributed by atoms with E-state index in [9.17, 15) is 5.21 Å². The number of nitrogens with zero attached hydrogens (tertiary/aromatic N) is 1. The molecule has 0 aromatic heterocycles. The van der Waals surface area contributed by atoms with Gasteiger partial charge in [-0.25, -0.2) is 0 Å². The van der Waals surface area contributed by atoms with Gasteiger partial charge in [0.2, 0.25) is 0 Å². The minimum absolute atomic E-state index is 0.122. The average molecular weight is 205 g/mol. The quantitative estimate of drug-likeness (QED) is 0.509. The Morgan fingerprint density at radius 1 is 1.23 bits per heavy atom. The Hall–Kier alpha value is 0.230. The Bertz CT molecular complexity index is 176.